The van der Waals surface area contributed by atoms with Gasteiger partial charge in [0.25, 0.3) is 0 Å². The lowest BCUT2D eigenvalue weighted by atomic mass is 9.80. The zero-order chi connectivity index (χ0) is 46.9. The van der Waals surface area contributed by atoms with Gasteiger partial charge in [-0.2, -0.15) is 0 Å². The summed E-state index contributed by atoms with van der Waals surface area (Å²) >= 11 is 0. The zero-order valence-electron chi connectivity index (χ0n) is 39.3. The molecule has 6 heteroatoms. The largest absolute Gasteiger partial charge is 0.292 e. The molecule has 0 saturated heterocycles. The van der Waals surface area contributed by atoms with Crippen molar-refractivity contribution in [2.45, 2.75) is 38.5 Å². The highest BCUT2D eigenvalue weighted by molar-refractivity contribution is 5.93. The number of hydrogen-bond acceptors (Lipinski definition) is 4. The van der Waals surface area contributed by atoms with Crippen molar-refractivity contribution >= 4 is 33.1 Å². The predicted octanol–water partition coefficient (Wildman–Crippen LogP) is 15.6. The third-order valence-electron chi connectivity index (χ3n) is 15.1. The smallest absolute Gasteiger partial charge is 0.145 e. The van der Waals surface area contributed by atoms with E-state index < -0.39 is 0 Å². The van der Waals surface area contributed by atoms with Gasteiger partial charge in [-0.05, 0) is 129 Å². The molecule has 0 amide bonds. The Bertz CT molecular complexity index is 3850. The molecule has 0 radical (unpaired) electrons. The van der Waals surface area contributed by atoms with Crippen molar-refractivity contribution in [1.82, 2.24) is 29.1 Å². The van der Waals surface area contributed by atoms with Gasteiger partial charge in [0.2, 0.25) is 0 Å². The molecule has 6 nitrogen and oxygen atoms in total. The van der Waals surface area contributed by atoms with Gasteiger partial charge in [-0.1, -0.05) is 149 Å². The van der Waals surface area contributed by atoms with Crippen molar-refractivity contribution in [3.05, 3.63) is 229 Å². The summed E-state index contributed by atoms with van der Waals surface area (Å²) < 4.78 is 4.56. The maximum atomic E-state index is 5.44. The first-order chi connectivity index (χ1) is 34.2. The monoisotopic (exact) mass is 898 g/mol. The summed E-state index contributed by atoms with van der Waals surface area (Å²) in [6.07, 6.45) is 0. The first-order valence-electron chi connectivity index (χ1n) is 24.1. The molecule has 0 fully saturated rings. The van der Waals surface area contributed by atoms with Crippen molar-refractivity contribution in [1.29, 1.82) is 0 Å². The van der Waals surface area contributed by atoms with Crippen molar-refractivity contribution in [3.63, 3.8) is 0 Å². The van der Waals surface area contributed by atoms with Crippen LogP contribution in [0.3, 0.4) is 0 Å². The predicted molar refractivity (Wildman–Crippen MR) is 286 cm³/mol. The molecule has 0 spiro atoms. The van der Waals surface area contributed by atoms with Crippen LogP contribution in [0.2, 0.25) is 0 Å². The van der Waals surface area contributed by atoms with Crippen LogP contribution in [0.1, 0.15) is 49.9 Å². The second-order valence-electron chi connectivity index (χ2n) is 19.9. The molecule has 332 valence electrons. The van der Waals surface area contributed by atoms with Crippen LogP contribution in [0, 0.1) is 0 Å². The number of aromatic nitrogens is 6. The summed E-state index contributed by atoms with van der Waals surface area (Å²) in [4.78, 5) is 21.3. The maximum Gasteiger partial charge on any atom is 0.145 e. The molecule has 2 aliphatic rings. The molecular weight excluding hydrogens is 853 g/mol. The summed E-state index contributed by atoms with van der Waals surface area (Å²) in [6, 6.07) is 73.7. The molecule has 0 unspecified atom stereocenters. The SMILES string of the molecule is CC1(C)c2cc(-c3nc4ccccc4nc3-c3ccc4c(c3)C(C)(C)c3cc(-c5nc6ccccc6n5-c5ccccc5)ccc3-4)ccc2-c2ccc(-c3nc4ccccc4n3-c3ccccc3)cc21. The number of hydrogen-bond donors (Lipinski definition) is 0. The summed E-state index contributed by atoms with van der Waals surface area (Å²) in [5.41, 5.74) is 23.6. The van der Waals surface area contributed by atoms with E-state index in [9.17, 15) is 0 Å². The van der Waals surface area contributed by atoms with Crippen LogP contribution < -0.4 is 0 Å². The van der Waals surface area contributed by atoms with E-state index in [0.29, 0.717) is 0 Å². The molecule has 0 bridgehead atoms. The van der Waals surface area contributed by atoms with Crippen LogP contribution >= 0.6 is 0 Å². The summed E-state index contributed by atoms with van der Waals surface area (Å²) in [7, 11) is 0. The number of benzene rings is 9. The minimum Gasteiger partial charge on any atom is -0.292 e. The van der Waals surface area contributed by atoms with Crippen molar-refractivity contribution in [2.75, 3.05) is 0 Å². The molecule has 3 heterocycles. The lowest BCUT2D eigenvalue weighted by Crippen LogP contribution is -2.15. The van der Waals surface area contributed by atoms with Gasteiger partial charge in [0.1, 0.15) is 11.6 Å². The molecule has 14 rings (SSSR count). The normalized spacial score (nSPS) is 13.9. The van der Waals surface area contributed by atoms with Crippen LogP contribution in [0.25, 0.3) is 112 Å². The van der Waals surface area contributed by atoms with E-state index in [2.05, 4.69) is 231 Å². The lowest BCUT2D eigenvalue weighted by Gasteiger charge is -2.23. The maximum absolute atomic E-state index is 5.44. The Morgan fingerprint density at radius 1 is 0.300 bits per heavy atom. The first kappa shape index (κ1) is 40.3. The third kappa shape index (κ3) is 5.92. The molecule has 2 aliphatic carbocycles. The minimum absolute atomic E-state index is 0.294. The number of rotatable bonds is 6. The number of nitrogens with zero attached hydrogens (tertiary/aromatic N) is 6. The van der Waals surface area contributed by atoms with Gasteiger partial charge in [-0.25, -0.2) is 19.9 Å². The fraction of sp³-hybridized carbons (Fsp3) is 0.0938. The van der Waals surface area contributed by atoms with E-state index in [1.165, 1.54) is 44.5 Å². The van der Waals surface area contributed by atoms with Gasteiger partial charge in [-0.15, -0.1) is 0 Å². The van der Waals surface area contributed by atoms with E-state index in [0.717, 1.165) is 89.8 Å². The lowest BCUT2D eigenvalue weighted by molar-refractivity contribution is 0.660. The fourth-order valence-corrected chi connectivity index (χ4v) is 11.6. The second-order valence-corrected chi connectivity index (χ2v) is 19.9. The summed E-state index contributed by atoms with van der Waals surface area (Å²) in [5.74, 6) is 1.87. The average molecular weight is 899 g/mol. The molecule has 70 heavy (non-hydrogen) atoms. The van der Waals surface area contributed by atoms with Crippen molar-refractivity contribution < 1.29 is 0 Å². The molecule has 3 aromatic heterocycles. The van der Waals surface area contributed by atoms with Crippen LogP contribution in [0.4, 0.5) is 0 Å². The van der Waals surface area contributed by atoms with E-state index in [1.807, 2.05) is 12.1 Å². The van der Waals surface area contributed by atoms with Crippen molar-refractivity contribution in [2.24, 2.45) is 0 Å². The highest BCUT2D eigenvalue weighted by Gasteiger charge is 2.38. The quantitative estimate of drug-likeness (QED) is 0.167. The molecular formula is C64H46N6. The molecule has 0 atom stereocenters. The van der Waals surface area contributed by atoms with E-state index >= 15 is 0 Å². The van der Waals surface area contributed by atoms with Gasteiger partial charge < -0.3 is 0 Å². The summed E-state index contributed by atoms with van der Waals surface area (Å²) in [6.45, 7) is 9.39. The van der Waals surface area contributed by atoms with Gasteiger partial charge in [0.15, 0.2) is 0 Å². The molecule has 12 aromatic rings. The second kappa shape index (κ2) is 14.9. The third-order valence-corrected chi connectivity index (χ3v) is 15.1. The Balaban J connectivity index is 0.860. The van der Waals surface area contributed by atoms with Gasteiger partial charge >= 0.3 is 0 Å². The Labute approximate surface area is 406 Å². The standard InChI is InChI=1S/C64H46N6/c1-63(2)49-35-39(27-31-45(49)47-33-29-41(37-51(47)63)61-67-55-23-13-15-25-57(55)69(61)43-17-7-5-8-18-43)59-60(66-54-22-12-11-21-53(54)65-59)40-28-32-46-48-34-30-42(38-52(48)64(3,4)50(46)36-40)62-68-56-24-14-16-26-58(56)70(62)44-19-9-6-10-20-44/h5-38H,1-4H3. The van der Waals surface area contributed by atoms with Gasteiger partial charge in [-0.3, -0.25) is 9.13 Å². The Morgan fingerprint density at radius 2 is 0.614 bits per heavy atom. The highest BCUT2D eigenvalue weighted by atomic mass is 15.1. The molecule has 9 aromatic carbocycles. The van der Waals surface area contributed by atoms with E-state index in [-0.39, 0.29) is 10.8 Å². The summed E-state index contributed by atoms with van der Waals surface area (Å²) in [5, 5.41) is 0. The van der Waals surface area contributed by atoms with Gasteiger partial charge in [0.05, 0.1) is 44.5 Å². The number of imidazole rings is 2. The van der Waals surface area contributed by atoms with E-state index in [4.69, 9.17) is 19.9 Å². The number of fused-ring (bicyclic) bond motifs is 9. The van der Waals surface area contributed by atoms with Crippen LogP contribution in [-0.4, -0.2) is 29.1 Å². The Morgan fingerprint density at radius 3 is 1.00 bits per heavy atom. The Kier molecular flexibility index (Phi) is 8.57. The fourth-order valence-electron chi connectivity index (χ4n) is 11.6. The molecule has 0 saturated carbocycles. The van der Waals surface area contributed by atoms with E-state index in [1.54, 1.807) is 0 Å². The minimum atomic E-state index is -0.294. The van der Waals surface area contributed by atoms with Crippen LogP contribution in [-0.2, 0) is 10.8 Å². The van der Waals surface area contributed by atoms with Gasteiger partial charge in [0, 0.05) is 44.5 Å². The highest BCUT2D eigenvalue weighted by Crippen LogP contribution is 2.53. The molecule has 0 aliphatic heterocycles. The first-order valence-corrected chi connectivity index (χ1v) is 24.1. The molecule has 0 N–H and O–H groups in total. The van der Waals surface area contributed by atoms with Crippen molar-refractivity contribution in [3.8, 4) is 78.9 Å². The Hall–Kier alpha value is -8.74. The van der Waals surface area contributed by atoms with Crippen LogP contribution in [0.15, 0.2) is 206 Å². The zero-order valence-corrected chi connectivity index (χ0v) is 39.3. The number of para-hydroxylation sites is 8. The topological polar surface area (TPSA) is 61.4 Å². The average Bonchev–Trinajstić information content (AvgIpc) is 4.11. The van der Waals surface area contributed by atoms with Crippen LogP contribution in [0.5, 0.6) is 0 Å².